The first kappa shape index (κ1) is 25.3. The highest BCUT2D eigenvalue weighted by Crippen LogP contribution is 2.30. The second kappa shape index (κ2) is 13.4. The van der Waals surface area contributed by atoms with Gasteiger partial charge in [-0.2, -0.15) is 0 Å². The predicted octanol–water partition coefficient (Wildman–Crippen LogP) is 4.17. The van der Waals surface area contributed by atoms with Crippen LogP contribution in [0, 0.1) is 0 Å². The number of aromatic hydroxyl groups is 1. The van der Waals surface area contributed by atoms with Gasteiger partial charge in [-0.3, -0.25) is 4.79 Å². The van der Waals surface area contributed by atoms with Gasteiger partial charge in [0.15, 0.2) is 6.61 Å². The molecule has 1 amide bonds. The molecule has 2 heterocycles. The molecule has 1 saturated heterocycles. The fourth-order valence-corrected chi connectivity index (χ4v) is 3.94. The Morgan fingerprint density at radius 3 is 2.68 bits per heavy atom. The van der Waals surface area contributed by atoms with Crippen molar-refractivity contribution in [2.75, 3.05) is 32.9 Å². The fourth-order valence-electron chi connectivity index (χ4n) is 3.94. The molecule has 3 rings (SSSR count). The Labute approximate surface area is 200 Å². The topological polar surface area (TPSA) is 97.7 Å². The number of hydrogen-bond acceptors (Lipinski definition) is 7. The number of phenols is 1. The van der Waals surface area contributed by atoms with Gasteiger partial charge in [-0.25, -0.2) is 4.79 Å². The first-order chi connectivity index (χ1) is 16.6. The molecule has 0 bridgehead atoms. The fraction of sp³-hybridized carbons (Fsp3) is 0.500. The molecule has 2 aliphatic rings. The largest absolute Gasteiger partial charge is 0.507 e. The highest BCUT2D eigenvalue weighted by atomic mass is 16.6. The maximum atomic E-state index is 12.8. The molecule has 1 aromatic carbocycles. The third-order valence-corrected chi connectivity index (χ3v) is 5.63. The van der Waals surface area contributed by atoms with E-state index >= 15 is 0 Å². The van der Waals surface area contributed by atoms with E-state index in [1.807, 2.05) is 31.2 Å². The molecule has 8 nitrogen and oxygen atoms in total. The van der Waals surface area contributed by atoms with Gasteiger partial charge in [0, 0.05) is 25.6 Å². The average molecular weight is 471 g/mol. The Balaban J connectivity index is 1.84. The number of piperidine rings is 1. The summed E-state index contributed by atoms with van der Waals surface area (Å²) in [6, 6.07) is 3.11. The van der Waals surface area contributed by atoms with Crippen LogP contribution in [0.1, 0.15) is 61.4 Å². The number of likely N-dealkylation sites (tertiary alicyclic amines) is 1. The normalized spacial score (nSPS) is 20.6. The summed E-state index contributed by atoms with van der Waals surface area (Å²) < 4.78 is 10.9. The number of nitrogens with zero attached hydrogens (tertiary/aromatic N) is 2. The van der Waals surface area contributed by atoms with Crippen molar-refractivity contribution in [3.63, 3.8) is 0 Å². The number of amides is 1. The van der Waals surface area contributed by atoms with Crippen LogP contribution in [-0.4, -0.2) is 60.5 Å². The van der Waals surface area contributed by atoms with E-state index < -0.39 is 5.97 Å². The molecule has 1 fully saturated rings. The highest BCUT2D eigenvalue weighted by Gasteiger charge is 2.21. The summed E-state index contributed by atoms with van der Waals surface area (Å²) >= 11 is 0. The summed E-state index contributed by atoms with van der Waals surface area (Å²) in [4.78, 5) is 32.4. The number of benzene rings is 1. The van der Waals surface area contributed by atoms with Crippen molar-refractivity contribution in [3.8, 4) is 11.5 Å². The molecule has 2 aliphatic heterocycles. The Morgan fingerprint density at radius 1 is 1.12 bits per heavy atom. The monoisotopic (exact) mass is 470 g/mol. The summed E-state index contributed by atoms with van der Waals surface area (Å²) in [6.45, 7) is 3.84. The van der Waals surface area contributed by atoms with Gasteiger partial charge in [-0.15, -0.1) is 0 Å². The van der Waals surface area contributed by atoms with E-state index in [0.29, 0.717) is 30.1 Å². The number of carbonyl (C=O) groups excluding carboxylic acids is 2. The van der Waals surface area contributed by atoms with Crippen LogP contribution in [0.5, 0.6) is 11.5 Å². The molecule has 0 radical (unpaired) electrons. The molecule has 0 aliphatic carbocycles. The van der Waals surface area contributed by atoms with Crippen LogP contribution < -0.4 is 4.74 Å². The Morgan fingerprint density at radius 2 is 1.88 bits per heavy atom. The van der Waals surface area contributed by atoms with Crippen molar-refractivity contribution in [3.05, 3.63) is 47.6 Å². The molecule has 0 saturated carbocycles. The molecular weight excluding hydrogens is 436 g/mol. The van der Waals surface area contributed by atoms with Crippen LogP contribution in [0.15, 0.2) is 41.6 Å². The minimum absolute atomic E-state index is 0.0787. The Bertz CT molecular complexity index is 931. The Kier molecular flexibility index (Phi) is 10.0. The second-order valence-electron chi connectivity index (χ2n) is 8.26. The quantitative estimate of drug-likeness (QED) is 0.394. The zero-order chi connectivity index (χ0) is 24.2. The van der Waals surface area contributed by atoms with Gasteiger partial charge < -0.3 is 24.3 Å². The van der Waals surface area contributed by atoms with Crippen molar-refractivity contribution >= 4 is 17.6 Å². The van der Waals surface area contributed by atoms with E-state index in [4.69, 9.17) is 14.3 Å². The van der Waals surface area contributed by atoms with E-state index in [1.54, 1.807) is 11.0 Å². The first-order valence-electron chi connectivity index (χ1n) is 12.0. The standard InChI is InChI=1S/C26H34N2O6/c1-2-32-22-17-20-16-21(27-34-19-24(30)28-13-9-7-10-14-28)12-8-5-3-4-6-11-15-33-26(31)25(20)23(29)18-22/h4,6,8,12,17-18,29H,2-3,5,7,9-11,13-16,19H2,1H3/b6-4+,12-8+,27-21?. The molecule has 0 unspecified atom stereocenters. The Hall–Kier alpha value is -3.29. The van der Waals surface area contributed by atoms with E-state index in [9.17, 15) is 14.7 Å². The number of esters is 1. The number of fused-ring (bicyclic) bond motifs is 1. The van der Waals surface area contributed by atoms with Gasteiger partial charge in [0.1, 0.15) is 17.1 Å². The first-order valence-corrected chi connectivity index (χ1v) is 12.0. The lowest BCUT2D eigenvalue weighted by atomic mass is 9.99. The number of hydrogen-bond donors (Lipinski definition) is 1. The zero-order valence-electron chi connectivity index (χ0n) is 19.8. The van der Waals surface area contributed by atoms with E-state index in [2.05, 4.69) is 5.16 Å². The van der Waals surface area contributed by atoms with E-state index in [1.165, 1.54) is 6.07 Å². The maximum Gasteiger partial charge on any atom is 0.342 e. The highest BCUT2D eigenvalue weighted by molar-refractivity contribution is 6.00. The summed E-state index contributed by atoms with van der Waals surface area (Å²) in [5, 5.41) is 14.8. The molecule has 0 atom stereocenters. The van der Waals surface area contributed by atoms with Gasteiger partial charge in [-0.1, -0.05) is 23.4 Å². The van der Waals surface area contributed by atoms with Crippen molar-refractivity contribution in [1.82, 2.24) is 4.90 Å². The minimum Gasteiger partial charge on any atom is -0.507 e. The third kappa shape index (κ3) is 7.64. The van der Waals surface area contributed by atoms with Gasteiger partial charge in [-0.05, 0) is 63.2 Å². The van der Waals surface area contributed by atoms with Crippen LogP contribution in [0.3, 0.4) is 0 Å². The van der Waals surface area contributed by atoms with Gasteiger partial charge in [0.05, 0.1) is 18.9 Å². The van der Waals surface area contributed by atoms with E-state index in [-0.39, 0.29) is 36.9 Å². The average Bonchev–Trinajstić information content (AvgIpc) is 2.82. The third-order valence-electron chi connectivity index (χ3n) is 5.63. The number of oxime groups is 1. The predicted molar refractivity (Wildman–Crippen MR) is 129 cm³/mol. The van der Waals surface area contributed by atoms with Gasteiger partial charge in [0.2, 0.25) is 0 Å². The number of cyclic esters (lactones) is 1. The number of allylic oxidation sites excluding steroid dienone is 3. The van der Waals surface area contributed by atoms with Crippen LogP contribution in [0.2, 0.25) is 0 Å². The van der Waals surface area contributed by atoms with Crippen LogP contribution >= 0.6 is 0 Å². The molecule has 34 heavy (non-hydrogen) atoms. The zero-order valence-corrected chi connectivity index (χ0v) is 19.8. The van der Waals surface area contributed by atoms with Gasteiger partial charge >= 0.3 is 5.97 Å². The van der Waals surface area contributed by atoms with Crippen molar-refractivity contribution < 1.29 is 29.0 Å². The molecular formula is C26H34N2O6. The van der Waals surface area contributed by atoms with Crippen molar-refractivity contribution in [2.45, 2.75) is 51.9 Å². The lowest BCUT2D eigenvalue weighted by Crippen LogP contribution is -2.37. The molecule has 184 valence electrons. The van der Waals surface area contributed by atoms with Crippen LogP contribution in [-0.2, 0) is 20.8 Å². The smallest absolute Gasteiger partial charge is 0.342 e. The van der Waals surface area contributed by atoms with E-state index in [0.717, 1.165) is 45.2 Å². The molecule has 1 N–H and O–H groups in total. The summed E-state index contributed by atoms with van der Waals surface area (Å²) in [5.74, 6) is -0.455. The van der Waals surface area contributed by atoms with Crippen LogP contribution in [0.25, 0.3) is 0 Å². The maximum absolute atomic E-state index is 12.8. The second-order valence-corrected chi connectivity index (χ2v) is 8.26. The van der Waals surface area contributed by atoms with Crippen molar-refractivity contribution in [1.29, 1.82) is 0 Å². The molecule has 8 heteroatoms. The summed E-state index contributed by atoms with van der Waals surface area (Å²) in [5.41, 5.74) is 1.11. The SMILES string of the molecule is CCOc1cc(O)c2c(c1)CC(=NOCC(=O)N1CCCCC1)/C=C/CC/C=C/CCOC2=O. The minimum atomic E-state index is -0.606. The molecule has 1 aromatic rings. The lowest BCUT2D eigenvalue weighted by molar-refractivity contribution is -0.137. The summed E-state index contributed by atoms with van der Waals surface area (Å²) in [6.07, 6.45) is 13.4. The van der Waals surface area contributed by atoms with Crippen LogP contribution in [0.4, 0.5) is 0 Å². The molecule has 0 aromatic heterocycles. The number of carbonyl (C=O) groups is 2. The number of phenolic OH excluding ortho intramolecular Hbond substituents is 1. The van der Waals surface area contributed by atoms with Crippen molar-refractivity contribution in [2.24, 2.45) is 5.16 Å². The number of ether oxygens (including phenoxy) is 2. The van der Waals surface area contributed by atoms with Gasteiger partial charge in [0.25, 0.3) is 5.91 Å². The lowest BCUT2D eigenvalue weighted by Gasteiger charge is -2.26. The number of rotatable bonds is 5. The summed E-state index contributed by atoms with van der Waals surface area (Å²) in [7, 11) is 0. The molecule has 0 spiro atoms.